The summed E-state index contributed by atoms with van der Waals surface area (Å²) in [5, 5.41) is 91.1. The number of nitrogens with zero attached hydrogens (tertiary/aromatic N) is 2. The van der Waals surface area contributed by atoms with Crippen LogP contribution in [0, 0.1) is 0 Å². The predicted octanol–water partition coefficient (Wildman–Crippen LogP) is 19.9. The van der Waals surface area contributed by atoms with Crippen molar-refractivity contribution in [3.8, 4) is 0 Å². The molecule has 1 aromatic heterocycles. The third-order valence-electron chi connectivity index (χ3n) is 27.4. The van der Waals surface area contributed by atoms with E-state index in [1.165, 1.54) is 44.2 Å². The number of rotatable bonds is 7. The number of unbranched alkanes of at least 4 members (excludes halogenated alkanes) is 4. The Balaban J connectivity index is 1.07. The van der Waals surface area contributed by atoms with Crippen molar-refractivity contribution in [1.29, 1.82) is 0 Å². The summed E-state index contributed by atoms with van der Waals surface area (Å²) in [5.41, 5.74) is 8.12. The summed E-state index contributed by atoms with van der Waals surface area (Å²) in [5.74, 6) is 0. The minimum Gasteiger partial charge on any atom is -0.366 e. The van der Waals surface area contributed by atoms with Gasteiger partial charge in [-0.3, -0.25) is 4.98 Å². The van der Waals surface area contributed by atoms with E-state index in [1.807, 2.05) is 11.1 Å². The fourth-order valence-corrected chi connectivity index (χ4v) is 27.1. The van der Waals surface area contributed by atoms with E-state index in [2.05, 4.69) is 36.4 Å². The summed E-state index contributed by atoms with van der Waals surface area (Å²) in [6.07, 6.45) is 12.0. The van der Waals surface area contributed by atoms with E-state index in [0.717, 1.165) is 6.54 Å². The van der Waals surface area contributed by atoms with Crippen LogP contribution in [0.5, 0.6) is 0 Å². The third kappa shape index (κ3) is 1.71. The van der Waals surface area contributed by atoms with Gasteiger partial charge in [0.15, 0.2) is 0 Å². The van der Waals surface area contributed by atoms with E-state index >= 15 is 0 Å². The van der Waals surface area contributed by atoms with Gasteiger partial charge in [-0.1, -0.05) is 39.0 Å². The van der Waals surface area contributed by atoms with Gasteiger partial charge in [0.25, 0.3) is 0 Å². The van der Waals surface area contributed by atoms with Gasteiger partial charge in [0.05, 0.1) is 10.8 Å². The van der Waals surface area contributed by atoms with E-state index in [9.17, 15) is 0 Å². The van der Waals surface area contributed by atoms with E-state index in [0.29, 0.717) is 6.04 Å². The van der Waals surface area contributed by atoms with Crippen molar-refractivity contribution in [3.63, 3.8) is 0 Å². The number of anilines is 1. The molecule has 4 aliphatic carbocycles. The maximum Gasteiger partial charge on any atom is 0.0586 e. The number of pyridine rings is 1. The van der Waals surface area contributed by atoms with Crippen molar-refractivity contribution in [2.45, 2.75) is 62.3 Å². The SMILES string of the molecule is CCCCCCCC1N(c2ccncc2)CC23c4c5c6c7c8c9c(c%10c%11c2c2c4c4c%12c5c5c6c6c8c8c%13c9c9c%10c%10c%11c%11c2c2c4c4c%12c%12c5c5c6c8c6c8c%13c9c9c%10c%10c%11c2c2c4c4c%12c5c6c5c8c9c%10c2c45)C713. The van der Waals surface area contributed by atoms with Crippen LogP contribution in [0.4, 0.5) is 5.69 Å². The quantitative estimate of drug-likeness (QED) is 0.117. The van der Waals surface area contributed by atoms with Crippen molar-refractivity contribution in [3.05, 3.63) is 46.8 Å². The molecule has 28 aromatic carbocycles. The van der Waals surface area contributed by atoms with Crippen LogP contribution in [0.1, 0.15) is 67.7 Å². The lowest BCUT2D eigenvalue weighted by Crippen LogP contribution is -2.54. The molecule has 328 valence electrons. The first-order valence-corrected chi connectivity index (χ1v) is 29.3. The van der Waals surface area contributed by atoms with E-state index in [4.69, 9.17) is 4.98 Å². The summed E-state index contributed by atoms with van der Waals surface area (Å²) < 4.78 is 0. The lowest BCUT2D eigenvalue weighted by atomic mass is 9.48. The molecule has 29 aromatic rings. The van der Waals surface area contributed by atoms with Crippen LogP contribution >= 0.6 is 0 Å². The first kappa shape index (κ1) is 30.1. The Morgan fingerprint density at radius 1 is 0.316 bits per heavy atom. The highest BCUT2D eigenvalue weighted by molar-refractivity contribution is 6.82. The summed E-state index contributed by atoms with van der Waals surface area (Å²) in [7, 11) is 0. The van der Waals surface area contributed by atoms with Crippen molar-refractivity contribution in [2.24, 2.45) is 0 Å². The number of hydrogen-bond acceptors (Lipinski definition) is 2. The molecule has 1 saturated heterocycles. The van der Waals surface area contributed by atoms with Crippen LogP contribution in [0.3, 0.4) is 0 Å². The molecular formula is C74H22N2. The van der Waals surface area contributed by atoms with Gasteiger partial charge >= 0.3 is 0 Å². The molecule has 0 bridgehead atoms. The minimum absolute atomic E-state index is 0.254. The van der Waals surface area contributed by atoms with Gasteiger partial charge in [-0.2, -0.15) is 0 Å². The molecule has 76 heavy (non-hydrogen) atoms. The summed E-state index contributed by atoms with van der Waals surface area (Å²) >= 11 is 0. The van der Waals surface area contributed by atoms with E-state index in [1.54, 1.807) is 302 Å². The third-order valence-corrected chi connectivity index (χ3v) is 27.4. The number of aromatic nitrogens is 1. The van der Waals surface area contributed by atoms with Crippen LogP contribution in [-0.2, 0) is 10.8 Å². The second-order valence-corrected chi connectivity index (χ2v) is 28.0. The van der Waals surface area contributed by atoms with Gasteiger partial charge in [-0.05, 0) is 332 Å². The standard InChI is InChI=1S/C74H22N2/c1-2-3-4-5-6-7-14-74-71-65-59-49-37-29-21-17-15-16-19-23(21)31(37)41-35-27(19)28-20(16)24-22-18(15)26-25(17)33-39(29)47-53-43(33)44-34(26)40-30(22)38-32(24)42-36(28)46-45(35)57(51(41)59)67(71)68-58(46)52(42)60-50(38)56-48(40)54(44)62-61(53)69(63(65)55(47)49)73(74,70(62)64(56)66(60)72(68)74)12-76(14)13-8-10-75-11-9-13/h8-11,14H,2-7,12H2,1H3. The van der Waals surface area contributed by atoms with Gasteiger partial charge in [-0.15, -0.1) is 0 Å². The Labute approximate surface area is 419 Å². The fraction of sp³-hybridized carbons (Fsp3) is 0.149. The molecule has 0 amide bonds. The van der Waals surface area contributed by atoms with Gasteiger partial charge in [0.1, 0.15) is 0 Å². The van der Waals surface area contributed by atoms with Gasteiger partial charge in [-0.25, -0.2) is 0 Å². The normalized spacial score (nSPS) is 22.8. The van der Waals surface area contributed by atoms with E-state index in [-0.39, 0.29) is 10.8 Å². The van der Waals surface area contributed by atoms with Crippen LogP contribution in [0.15, 0.2) is 24.5 Å². The number of benzene rings is 18. The highest BCUT2D eigenvalue weighted by Gasteiger charge is 2.76. The smallest absolute Gasteiger partial charge is 0.0586 e. The Morgan fingerprint density at radius 2 is 0.553 bits per heavy atom. The second-order valence-electron chi connectivity index (χ2n) is 28.0. The van der Waals surface area contributed by atoms with Crippen molar-refractivity contribution in [1.82, 2.24) is 4.98 Å². The molecule has 1 fully saturated rings. The summed E-state index contributed by atoms with van der Waals surface area (Å²) in [4.78, 5) is 7.86. The molecule has 1 atom stereocenters. The molecule has 2 spiro atoms. The Kier molecular flexibility index (Phi) is 2.86. The maximum absolute atomic E-state index is 4.78. The second kappa shape index (κ2) is 7.22. The Hall–Kier alpha value is -8.59. The van der Waals surface area contributed by atoms with Crippen LogP contribution < -0.4 is 4.90 Å². The summed E-state index contributed by atoms with van der Waals surface area (Å²) in [6.45, 7) is 3.43. The molecular weight excluding hydrogens is 917 g/mol. The molecule has 34 rings (SSSR count). The Bertz CT molecular complexity index is 7300. The minimum atomic E-state index is -0.258. The van der Waals surface area contributed by atoms with Crippen LogP contribution in [-0.4, -0.2) is 17.6 Å². The van der Waals surface area contributed by atoms with Gasteiger partial charge < -0.3 is 4.90 Å². The van der Waals surface area contributed by atoms with Gasteiger partial charge in [0.2, 0.25) is 0 Å². The maximum atomic E-state index is 4.78. The molecule has 2 nitrogen and oxygen atoms in total. The molecule has 0 radical (unpaired) electrons. The molecule has 0 saturated carbocycles. The van der Waals surface area contributed by atoms with E-state index < -0.39 is 0 Å². The Morgan fingerprint density at radius 3 is 0.816 bits per heavy atom. The average Bonchev–Trinajstić information content (AvgIpc) is 2.45. The molecule has 1 aliphatic heterocycles. The first-order chi connectivity index (χ1) is 37.9. The molecule has 0 N–H and O–H groups in total. The fourth-order valence-electron chi connectivity index (χ4n) is 27.1. The molecule has 2 heteroatoms. The molecule has 1 unspecified atom stereocenters. The van der Waals surface area contributed by atoms with Crippen molar-refractivity contribution < 1.29 is 0 Å². The highest BCUT2D eigenvalue weighted by atomic mass is 15.2. The van der Waals surface area contributed by atoms with Crippen LogP contribution in [0.25, 0.3) is 291 Å². The molecule has 2 heterocycles. The largest absolute Gasteiger partial charge is 0.366 e. The van der Waals surface area contributed by atoms with Crippen LogP contribution in [0.2, 0.25) is 0 Å². The molecule has 5 aliphatic rings. The van der Waals surface area contributed by atoms with Crippen molar-refractivity contribution in [2.75, 3.05) is 11.4 Å². The lowest BCUT2D eigenvalue weighted by molar-refractivity contribution is 0.341. The average molecular weight is 939 g/mol. The topological polar surface area (TPSA) is 16.1 Å². The number of hydrogen-bond donors (Lipinski definition) is 0. The van der Waals surface area contributed by atoms with Gasteiger partial charge in [0, 0.05) is 30.7 Å². The first-order valence-electron chi connectivity index (χ1n) is 29.3. The summed E-state index contributed by atoms with van der Waals surface area (Å²) in [6, 6.07) is 5.14. The zero-order valence-electron chi connectivity index (χ0n) is 40.2. The highest BCUT2D eigenvalue weighted by Crippen LogP contribution is 2.86. The monoisotopic (exact) mass is 938 g/mol. The predicted molar refractivity (Wildman–Crippen MR) is 323 cm³/mol. The van der Waals surface area contributed by atoms with Crippen molar-refractivity contribution >= 4 is 297 Å². The zero-order valence-corrected chi connectivity index (χ0v) is 40.2. The zero-order chi connectivity index (χ0) is 45.7. The lowest BCUT2D eigenvalue weighted by Gasteiger charge is -2.52.